The summed E-state index contributed by atoms with van der Waals surface area (Å²) in [5, 5.41) is 5.25. The van der Waals surface area contributed by atoms with Gasteiger partial charge in [0.2, 0.25) is 11.8 Å². The maximum absolute atomic E-state index is 12.9. The maximum atomic E-state index is 12.9. The molecule has 0 saturated heterocycles. The van der Waals surface area contributed by atoms with Crippen LogP contribution in [0.5, 0.6) is 5.88 Å². The molecule has 0 aliphatic carbocycles. The number of fused-ring (bicyclic) bond motifs is 1. The molecule has 1 aliphatic heterocycles. The van der Waals surface area contributed by atoms with Crippen LogP contribution < -0.4 is 4.74 Å². The number of amides is 1. The minimum Gasteiger partial charge on any atom is -0.471 e. The van der Waals surface area contributed by atoms with Crippen molar-refractivity contribution in [3.63, 3.8) is 0 Å². The third-order valence-corrected chi connectivity index (χ3v) is 5.59. The molecule has 1 aliphatic rings. The summed E-state index contributed by atoms with van der Waals surface area (Å²) in [5.41, 5.74) is 5.02. The molecule has 29 heavy (non-hydrogen) atoms. The maximum Gasteiger partial charge on any atom is 0.227 e. The van der Waals surface area contributed by atoms with E-state index in [9.17, 15) is 4.79 Å². The average molecular weight is 411 g/mol. The Morgan fingerprint density at radius 3 is 2.90 bits per heavy atom. The van der Waals surface area contributed by atoms with Crippen LogP contribution in [0.2, 0.25) is 5.02 Å². The highest BCUT2D eigenvalue weighted by molar-refractivity contribution is 6.31. The third kappa shape index (κ3) is 4.27. The van der Waals surface area contributed by atoms with Crippen LogP contribution in [0, 0.1) is 6.92 Å². The zero-order chi connectivity index (χ0) is 20.4. The van der Waals surface area contributed by atoms with Gasteiger partial charge in [-0.15, -0.1) is 0 Å². The first kappa shape index (κ1) is 19.5. The van der Waals surface area contributed by atoms with Gasteiger partial charge in [-0.05, 0) is 30.2 Å². The molecular weight excluding hydrogens is 388 g/mol. The van der Waals surface area contributed by atoms with E-state index in [1.165, 1.54) is 0 Å². The highest BCUT2D eigenvalue weighted by atomic mass is 35.5. The highest BCUT2D eigenvalue weighted by Gasteiger charge is 2.27. The van der Waals surface area contributed by atoms with E-state index in [4.69, 9.17) is 16.3 Å². The van der Waals surface area contributed by atoms with Crippen molar-refractivity contribution in [2.24, 2.45) is 7.05 Å². The molecule has 1 aromatic carbocycles. The van der Waals surface area contributed by atoms with Crippen molar-refractivity contribution in [1.29, 1.82) is 0 Å². The largest absolute Gasteiger partial charge is 0.471 e. The van der Waals surface area contributed by atoms with Crippen molar-refractivity contribution >= 4 is 17.5 Å². The smallest absolute Gasteiger partial charge is 0.227 e. The van der Waals surface area contributed by atoms with Crippen LogP contribution in [0.3, 0.4) is 0 Å². The molecule has 3 heterocycles. The fourth-order valence-corrected chi connectivity index (χ4v) is 3.85. The van der Waals surface area contributed by atoms with E-state index >= 15 is 0 Å². The standard InChI is InChI=1S/C22H23ClN4O2/c1-15-7-9-24-21(11-15)29-14-19-17-13-27(10-8-20(17)26(2)25-19)22(28)12-16-5-3-4-6-18(16)23/h3-7,9,11H,8,10,12-14H2,1-2H3. The van der Waals surface area contributed by atoms with Crippen molar-refractivity contribution in [2.45, 2.75) is 32.9 Å². The summed E-state index contributed by atoms with van der Waals surface area (Å²) in [6.45, 7) is 3.54. The van der Waals surface area contributed by atoms with Crippen molar-refractivity contribution < 1.29 is 9.53 Å². The monoisotopic (exact) mass is 410 g/mol. The zero-order valence-electron chi connectivity index (χ0n) is 16.6. The number of hydrogen-bond acceptors (Lipinski definition) is 4. The molecule has 2 aromatic heterocycles. The fraction of sp³-hybridized carbons (Fsp3) is 0.318. The quantitative estimate of drug-likeness (QED) is 0.646. The van der Waals surface area contributed by atoms with Crippen molar-refractivity contribution in [2.75, 3.05) is 6.54 Å². The minimum absolute atomic E-state index is 0.0693. The van der Waals surface area contributed by atoms with E-state index < -0.39 is 0 Å². The summed E-state index contributed by atoms with van der Waals surface area (Å²) in [5.74, 6) is 0.645. The van der Waals surface area contributed by atoms with Gasteiger partial charge in [0.1, 0.15) is 12.3 Å². The number of nitrogens with zero attached hydrogens (tertiary/aromatic N) is 4. The van der Waals surface area contributed by atoms with E-state index in [2.05, 4.69) is 10.1 Å². The molecule has 0 bridgehead atoms. The Balaban J connectivity index is 1.48. The molecule has 7 heteroatoms. The Bertz CT molecular complexity index is 1050. The van der Waals surface area contributed by atoms with Gasteiger partial charge in [-0.2, -0.15) is 5.10 Å². The number of carbonyl (C=O) groups excluding carboxylic acids is 1. The Morgan fingerprint density at radius 2 is 2.10 bits per heavy atom. The van der Waals surface area contributed by atoms with E-state index in [1.54, 1.807) is 6.20 Å². The first-order valence-electron chi connectivity index (χ1n) is 9.61. The number of rotatable bonds is 5. The minimum atomic E-state index is 0.0693. The van der Waals surface area contributed by atoms with Gasteiger partial charge in [-0.3, -0.25) is 9.48 Å². The summed E-state index contributed by atoms with van der Waals surface area (Å²) >= 11 is 6.22. The summed E-state index contributed by atoms with van der Waals surface area (Å²) in [6, 6.07) is 11.3. The summed E-state index contributed by atoms with van der Waals surface area (Å²) in [7, 11) is 1.94. The number of carbonyl (C=O) groups is 1. The molecule has 0 saturated carbocycles. The normalized spacial score (nSPS) is 13.3. The number of aromatic nitrogens is 3. The second-order valence-electron chi connectivity index (χ2n) is 7.29. The molecule has 0 radical (unpaired) electrons. The number of pyridine rings is 1. The third-order valence-electron chi connectivity index (χ3n) is 5.22. The molecule has 0 spiro atoms. The number of aryl methyl sites for hydroxylation is 2. The first-order chi connectivity index (χ1) is 14.0. The molecule has 4 rings (SSSR count). The van der Waals surface area contributed by atoms with Crippen molar-refractivity contribution in [1.82, 2.24) is 19.7 Å². The molecule has 1 amide bonds. The Morgan fingerprint density at radius 1 is 1.28 bits per heavy atom. The lowest BCUT2D eigenvalue weighted by Gasteiger charge is -2.28. The van der Waals surface area contributed by atoms with Crippen molar-refractivity contribution in [3.8, 4) is 5.88 Å². The highest BCUT2D eigenvalue weighted by Crippen LogP contribution is 2.25. The number of benzene rings is 1. The van der Waals surface area contributed by atoms with Crippen LogP contribution in [0.15, 0.2) is 42.6 Å². The number of ether oxygens (including phenoxy) is 1. The van der Waals surface area contributed by atoms with Gasteiger partial charge in [0, 0.05) is 55.1 Å². The molecule has 6 nitrogen and oxygen atoms in total. The second-order valence-corrected chi connectivity index (χ2v) is 7.70. The van der Waals surface area contributed by atoms with Gasteiger partial charge in [0.05, 0.1) is 6.42 Å². The second kappa shape index (κ2) is 8.25. The Hall–Kier alpha value is -2.86. The predicted molar refractivity (Wildman–Crippen MR) is 111 cm³/mol. The van der Waals surface area contributed by atoms with Gasteiger partial charge in [0.15, 0.2) is 0 Å². The topological polar surface area (TPSA) is 60.3 Å². The lowest BCUT2D eigenvalue weighted by Crippen LogP contribution is -2.37. The van der Waals surface area contributed by atoms with Gasteiger partial charge in [-0.1, -0.05) is 29.8 Å². The van der Waals surface area contributed by atoms with E-state index in [0.29, 0.717) is 37.0 Å². The predicted octanol–water partition coefficient (Wildman–Crippen LogP) is 3.48. The van der Waals surface area contributed by atoms with E-state index in [1.807, 2.05) is 60.0 Å². The zero-order valence-corrected chi connectivity index (χ0v) is 17.3. The molecule has 150 valence electrons. The van der Waals surface area contributed by atoms with Crippen LogP contribution in [-0.4, -0.2) is 32.1 Å². The Kier molecular flexibility index (Phi) is 5.53. The summed E-state index contributed by atoms with van der Waals surface area (Å²) in [4.78, 5) is 19.0. The van der Waals surface area contributed by atoms with E-state index in [0.717, 1.165) is 34.5 Å². The summed E-state index contributed by atoms with van der Waals surface area (Å²) < 4.78 is 7.75. The lowest BCUT2D eigenvalue weighted by molar-refractivity contribution is -0.131. The van der Waals surface area contributed by atoms with Crippen molar-refractivity contribution in [3.05, 3.63) is 75.7 Å². The average Bonchev–Trinajstić information content (AvgIpc) is 3.03. The fourth-order valence-electron chi connectivity index (χ4n) is 3.64. The lowest BCUT2D eigenvalue weighted by atomic mass is 10.0. The molecule has 0 unspecified atom stereocenters. The molecule has 0 atom stereocenters. The SMILES string of the molecule is Cc1ccnc(OCc2nn(C)c3c2CN(C(=O)Cc2ccccc2Cl)CC3)c1. The molecule has 3 aromatic rings. The van der Waals surface area contributed by atoms with Crippen LogP contribution >= 0.6 is 11.6 Å². The number of hydrogen-bond donors (Lipinski definition) is 0. The molecular formula is C22H23ClN4O2. The van der Waals surface area contributed by atoms with Crippen LogP contribution in [0.25, 0.3) is 0 Å². The van der Waals surface area contributed by atoms with Crippen LogP contribution in [-0.2, 0) is 37.8 Å². The van der Waals surface area contributed by atoms with E-state index in [-0.39, 0.29) is 5.91 Å². The first-order valence-corrected chi connectivity index (χ1v) is 9.99. The van der Waals surface area contributed by atoms with Crippen LogP contribution in [0.1, 0.15) is 28.1 Å². The Labute approximate surface area is 175 Å². The number of halogens is 1. The van der Waals surface area contributed by atoms with Gasteiger partial charge < -0.3 is 9.64 Å². The molecule has 0 N–H and O–H groups in total. The van der Waals surface area contributed by atoms with Gasteiger partial charge >= 0.3 is 0 Å². The molecule has 0 fully saturated rings. The summed E-state index contributed by atoms with van der Waals surface area (Å²) in [6.07, 6.45) is 2.80. The van der Waals surface area contributed by atoms with Gasteiger partial charge in [-0.25, -0.2) is 4.98 Å². The van der Waals surface area contributed by atoms with Gasteiger partial charge in [0.25, 0.3) is 0 Å². The van der Waals surface area contributed by atoms with Crippen LogP contribution in [0.4, 0.5) is 0 Å².